The highest BCUT2D eigenvalue weighted by Crippen LogP contribution is 2.51. The Bertz CT molecular complexity index is 2560. The maximum atomic E-state index is 2.46. The van der Waals surface area contributed by atoms with E-state index in [2.05, 4.69) is 188 Å². The van der Waals surface area contributed by atoms with E-state index in [1.165, 1.54) is 93.9 Å². The van der Waals surface area contributed by atoms with Crippen LogP contribution in [-0.2, 0) is 6.42 Å². The molecule has 0 nitrogen and oxygen atoms in total. The van der Waals surface area contributed by atoms with Crippen LogP contribution < -0.4 is 0 Å². The molecule has 1 unspecified atom stereocenters. The smallest absolute Gasteiger partial charge is 0.0345 e. The monoisotopic (exact) mass is 634 g/mol. The van der Waals surface area contributed by atoms with Crippen molar-refractivity contribution in [2.45, 2.75) is 12.3 Å². The maximum absolute atomic E-state index is 2.46. The van der Waals surface area contributed by atoms with Crippen molar-refractivity contribution in [1.82, 2.24) is 0 Å². The van der Waals surface area contributed by atoms with Crippen molar-refractivity contribution in [3.8, 4) is 33.4 Å². The Kier molecular flexibility index (Phi) is 6.74. The summed E-state index contributed by atoms with van der Waals surface area (Å²) in [6, 6.07) is 51.2. The van der Waals surface area contributed by atoms with Gasteiger partial charge in [0, 0.05) is 5.92 Å². The summed E-state index contributed by atoms with van der Waals surface area (Å²) >= 11 is 0. The van der Waals surface area contributed by atoms with Crippen LogP contribution in [0.1, 0.15) is 33.7 Å². The zero-order valence-corrected chi connectivity index (χ0v) is 27.7. The molecule has 0 fully saturated rings. The standard InChI is InChI=1S/C50H34/c1-2-9-35(10-3-1)36-23-19-33(20-24-36)17-18-34-21-25-39(26-22-34)48-41-13-4-6-15-43(41)50(44-16-7-5-14-42(44)48)46-32-30-40-28-27-37-11-8-12-38-29-31-45(46)49(40)47(37)38/h1-30,32,47H,31H2. The van der Waals surface area contributed by atoms with Crippen molar-refractivity contribution in [3.63, 3.8) is 0 Å². The molecular formula is C50H34. The number of benzene rings is 7. The molecule has 0 radical (unpaired) electrons. The number of fused-ring (bicyclic) bond motifs is 2. The summed E-state index contributed by atoms with van der Waals surface area (Å²) < 4.78 is 0. The molecule has 0 spiro atoms. The molecule has 0 amide bonds. The first kappa shape index (κ1) is 28.7. The molecule has 7 aromatic carbocycles. The number of allylic oxidation sites excluding steroid dienone is 7. The van der Waals surface area contributed by atoms with Crippen LogP contribution in [0.2, 0.25) is 0 Å². The molecule has 3 aliphatic rings. The van der Waals surface area contributed by atoms with Crippen molar-refractivity contribution in [2.75, 3.05) is 0 Å². The van der Waals surface area contributed by atoms with E-state index in [0.717, 1.165) is 6.42 Å². The van der Waals surface area contributed by atoms with Crippen molar-refractivity contribution >= 4 is 39.8 Å². The topological polar surface area (TPSA) is 0 Å². The summed E-state index contributed by atoms with van der Waals surface area (Å²) in [5, 5.41) is 5.20. The second-order valence-corrected chi connectivity index (χ2v) is 13.6. The van der Waals surface area contributed by atoms with E-state index in [9.17, 15) is 0 Å². The van der Waals surface area contributed by atoms with Crippen LogP contribution in [0.4, 0.5) is 0 Å². The van der Waals surface area contributed by atoms with Gasteiger partial charge in [-0.3, -0.25) is 0 Å². The number of hydrogen-bond acceptors (Lipinski definition) is 0. The van der Waals surface area contributed by atoms with E-state index in [-0.39, 0.29) is 0 Å². The molecule has 0 aliphatic heterocycles. The molecule has 7 aromatic rings. The number of hydrogen-bond donors (Lipinski definition) is 0. The van der Waals surface area contributed by atoms with Gasteiger partial charge in [0.2, 0.25) is 0 Å². The summed E-state index contributed by atoms with van der Waals surface area (Å²) in [7, 11) is 0. The third-order valence-corrected chi connectivity index (χ3v) is 10.8. The fraction of sp³-hybridized carbons (Fsp3) is 0.0400. The van der Waals surface area contributed by atoms with Gasteiger partial charge in [0.1, 0.15) is 0 Å². The fourth-order valence-electron chi connectivity index (χ4n) is 8.46. The summed E-state index contributed by atoms with van der Waals surface area (Å²) in [5.74, 6) is 0.335. The zero-order valence-electron chi connectivity index (χ0n) is 27.7. The average molecular weight is 635 g/mol. The van der Waals surface area contributed by atoms with Crippen LogP contribution in [0.3, 0.4) is 0 Å². The summed E-state index contributed by atoms with van der Waals surface area (Å²) in [6.45, 7) is 0. The Morgan fingerprint density at radius 1 is 0.460 bits per heavy atom. The second-order valence-electron chi connectivity index (χ2n) is 13.6. The Labute approximate surface area is 293 Å². The van der Waals surface area contributed by atoms with E-state index in [0.29, 0.717) is 5.92 Å². The van der Waals surface area contributed by atoms with Crippen molar-refractivity contribution in [2.24, 2.45) is 0 Å². The lowest BCUT2D eigenvalue weighted by Crippen LogP contribution is -2.18. The number of rotatable bonds is 5. The SMILES string of the molecule is C1=CC2=CCc3c(-c4c5ccccc5c(-c5ccc(C=Cc6ccc(-c7ccccc7)cc6)cc5)c5ccccc45)ccc4c3C2C(=C1)C=C4. The summed E-state index contributed by atoms with van der Waals surface area (Å²) in [6.07, 6.45) is 19.2. The van der Waals surface area contributed by atoms with E-state index in [4.69, 9.17) is 0 Å². The van der Waals surface area contributed by atoms with Gasteiger partial charge in [-0.25, -0.2) is 0 Å². The second kappa shape index (κ2) is 11.7. The molecule has 0 heterocycles. The third-order valence-electron chi connectivity index (χ3n) is 10.8. The predicted molar refractivity (Wildman–Crippen MR) is 214 cm³/mol. The molecule has 0 bridgehead atoms. The maximum Gasteiger partial charge on any atom is 0.0345 e. The summed E-state index contributed by atoms with van der Waals surface area (Å²) in [5.41, 5.74) is 17.2. The molecule has 50 heavy (non-hydrogen) atoms. The molecule has 0 aromatic heterocycles. The van der Waals surface area contributed by atoms with E-state index in [1.807, 2.05) is 0 Å². The first-order chi connectivity index (χ1) is 24.8. The lowest BCUT2D eigenvalue weighted by molar-refractivity contribution is 0.894. The van der Waals surface area contributed by atoms with Gasteiger partial charge in [0.05, 0.1) is 0 Å². The van der Waals surface area contributed by atoms with Gasteiger partial charge in [-0.2, -0.15) is 0 Å². The van der Waals surface area contributed by atoms with E-state index < -0.39 is 0 Å². The highest BCUT2D eigenvalue weighted by Gasteiger charge is 2.32. The Balaban J connectivity index is 1.06. The van der Waals surface area contributed by atoms with Crippen LogP contribution in [0.25, 0.3) is 73.2 Å². The molecule has 0 saturated carbocycles. The van der Waals surface area contributed by atoms with Crippen LogP contribution in [0, 0.1) is 0 Å². The van der Waals surface area contributed by atoms with Crippen LogP contribution in [0.15, 0.2) is 181 Å². The van der Waals surface area contributed by atoms with Crippen LogP contribution >= 0.6 is 0 Å². The minimum absolute atomic E-state index is 0.335. The van der Waals surface area contributed by atoms with Gasteiger partial charge >= 0.3 is 0 Å². The highest BCUT2D eigenvalue weighted by molar-refractivity contribution is 6.21. The molecule has 10 rings (SSSR count). The van der Waals surface area contributed by atoms with Crippen LogP contribution in [0.5, 0.6) is 0 Å². The van der Waals surface area contributed by atoms with Crippen molar-refractivity contribution in [3.05, 3.63) is 209 Å². The van der Waals surface area contributed by atoms with Gasteiger partial charge in [0.15, 0.2) is 0 Å². The van der Waals surface area contributed by atoms with E-state index >= 15 is 0 Å². The predicted octanol–water partition coefficient (Wildman–Crippen LogP) is 13.3. The normalized spacial score (nSPS) is 15.7. The molecular weight excluding hydrogens is 601 g/mol. The summed E-state index contributed by atoms with van der Waals surface area (Å²) in [4.78, 5) is 0. The minimum Gasteiger partial charge on any atom is -0.0759 e. The molecule has 234 valence electrons. The van der Waals surface area contributed by atoms with Gasteiger partial charge in [-0.15, -0.1) is 0 Å². The first-order valence-corrected chi connectivity index (χ1v) is 17.6. The molecule has 0 N–H and O–H groups in total. The molecule has 1 atom stereocenters. The lowest BCUT2D eigenvalue weighted by Gasteiger charge is -2.34. The highest BCUT2D eigenvalue weighted by atomic mass is 14.4. The van der Waals surface area contributed by atoms with E-state index in [1.54, 1.807) is 0 Å². The Hall–Kier alpha value is -6.24. The van der Waals surface area contributed by atoms with Crippen molar-refractivity contribution in [1.29, 1.82) is 0 Å². The lowest BCUT2D eigenvalue weighted by atomic mass is 9.69. The largest absolute Gasteiger partial charge is 0.0759 e. The van der Waals surface area contributed by atoms with Gasteiger partial charge in [-0.1, -0.05) is 188 Å². The first-order valence-electron chi connectivity index (χ1n) is 17.6. The fourth-order valence-corrected chi connectivity index (χ4v) is 8.46. The van der Waals surface area contributed by atoms with Gasteiger partial charge < -0.3 is 0 Å². The van der Waals surface area contributed by atoms with Crippen LogP contribution in [-0.4, -0.2) is 0 Å². The van der Waals surface area contributed by atoms with Crippen molar-refractivity contribution < 1.29 is 0 Å². The van der Waals surface area contributed by atoms with Gasteiger partial charge in [0.25, 0.3) is 0 Å². The average Bonchev–Trinajstić information content (AvgIpc) is 3.19. The molecule has 0 saturated heterocycles. The van der Waals surface area contributed by atoms with Gasteiger partial charge in [-0.05, 0) is 100 Å². The third kappa shape index (κ3) is 4.68. The molecule has 0 heteroatoms. The zero-order chi connectivity index (χ0) is 33.0. The minimum atomic E-state index is 0.335. The Morgan fingerprint density at radius 2 is 1.04 bits per heavy atom. The quantitative estimate of drug-likeness (QED) is 0.131. The molecule has 3 aliphatic carbocycles. The Morgan fingerprint density at radius 3 is 1.70 bits per heavy atom.